The van der Waals surface area contributed by atoms with Crippen LogP contribution in [0.3, 0.4) is 0 Å². The molecule has 2 heterocycles. The molecule has 2 aromatic rings. The van der Waals surface area contributed by atoms with Gasteiger partial charge in [0.05, 0.1) is 6.10 Å². The van der Waals surface area contributed by atoms with Gasteiger partial charge < -0.3 is 14.1 Å². The molecule has 1 saturated carbocycles. The van der Waals surface area contributed by atoms with Gasteiger partial charge in [-0.2, -0.15) is 0 Å². The highest BCUT2D eigenvalue weighted by Crippen LogP contribution is 2.30. The summed E-state index contributed by atoms with van der Waals surface area (Å²) >= 11 is 0. The number of nitrogens with zero attached hydrogens (tertiary/aromatic N) is 4. The van der Waals surface area contributed by atoms with E-state index in [0.717, 1.165) is 63.2 Å². The fourth-order valence-electron chi connectivity index (χ4n) is 4.60. The zero-order valence-corrected chi connectivity index (χ0v) is 19.8. The zero-order valence-electron chi connectivity index (χ0n) is 19.8. The second-order valence-electron chi connectivity index (χ2n) is 9.67. The Balaban J connectivity index is 1.24. The summed E-state index contributed by atoms with van der Waals surface area (Å²) in [6.07, 6.45) is 3.83. The van der Waals surface area contributed by atoms with E-state index >= 15 is 0 Å². The highest BCUT2D eigenvalue weighted by molar-refractivity contribution is 5.79. The van der Waals surface area contributed by atoms with E-state index in [1.165, 1.54) is 0 Å². The lowest BCUT2D eigenvalue weighted by Crippen LogP contribution is -2.52. The Morgan fingerprint density at radius 2 is 1.62 bits per heavy atom. The number of hydrogen-bond donors (Lipinski definition) is 0. The van der Waals surface area contributed by atoms with Gasteiger partial charge >= 0.3 is 0 Å². The van der Waals surface area contributed by atoms with E-state index in [1.54, 1.807) is 0 Å². The summed E-state index contributed by atoms with van der Waals surface area (Å²) in [5.41, 5.74) is 0.892. The van der Waals surface area contributed by atoms with Crippen LogP contribution in [0.2, 0.25) is 0 Å². The highest BCUT2D eigenvalue weighted by atomic mass is 16.5. The second-order valence-corrected chi connectivity index (χ2v) is 9.67. The first-order valence-corrected chi connectivity index (χ1v) is 12.0. The van der Waals surface area contributed by atoms with Gasteiger partial charge in [-0.15, -0.1) is 10.2 Å². The molecular formula is C25H36N4O3. The summed E-state index contributed by atoms with van der Waals surface area (Å²) in [4.78, 5) is 17.5. The Hall–Kier alpha value is -2.41. The molecule has 1 saturated heterocycles. The van der Waals surface area contributed by atoms with E-state index in [0.29, 0.717) is 23.7 Å². The lowest BCUT2D eigenvalue weighted by molar-refractivity contribution is -0.139. The molecule has 2 fully saturated rings. The van der Waals surface area contributed by atoms with Crippen molar-refractivity contribution in [2.24, 2.45) is 5.92 Å². The van der Waals surface area contributed by atoms with Crippen molar-refractivity contribution in [3.8, 4) is 17.2 Å². The molecule has 32 heavy (non-hydrogen) atoms. The number of carbonyl (C=O) groups excluding carboxylic acids is 1. The minimum atomic E-state index is 0.149. The lowest BCUT2D eigenvalue weighted by atomic mass is 9.86. The standard InChI is InChI=1S/C25H36N4O3/c1-17(2)23-26-27-24(32-23)19-5-9-21(10-6-19)31-22-11-7-20(8-12-22)25(30)29-15-13-28(14-16-29)18(3)4/h5-6,9-10,17-18,20,22H,7-8,11-16H2,1-4H3. The van der Waals surface area contributed by atoms with Crippen molar-refractivity contribution in [3.05, 3.63) is 30.2 Å². The van der Waals surface area contributed by atoms with Crippen molar-refractivity contribution >= 4 is 5.91 Å². The summed E-state index contributed by atoms with van der Waals surface area (Å²) in [7, 11) is 0. The van der Waals surface area contributed by atoms with Crippen LogP contribution >= 0.6 is 0 Å². The Bertz CT molecular complexity index is 877. The molecule has 1 aromatic heterocycles. The number of rotatable bonds is 6. The monoisotopic (exact) mass is 440 g/mol. The molecule has 1 aliphatic carbocycles. The van der Waals surface area contributed by atoms with E-state index in [4.69, 9.17) is 9.15 Å². The topological polar surface area (TPSA) is 71.7 Å². The van der Waals surface area contributed by atoms with Crippen molar-refractivity contribution in [2.75, 3.05) is 26.2 Å². The minimum absolute atomic E-state index is 0.149. The number of piperazine rings is 1. The smallest absolute Gasteiger partial charge is 0.247 e. The summed E-state index contributed by atoms with van der Waals surface area (Å²) in [5.74, 6) is 2.73. The highest BCUT2D eigenvalue weighted by Gasteiger charge is 2.32. The SMILES string of the molecule is CC(C)c1nnc(-c2ccc(OC3CCC(C(=O)N4CCN(C(C)C)CC4)CC3)cc2)o1. The average Bonchev–Trinajstić information content (AvgIpc) is 3.30. The van der Waals surface area contributed by atoms with Crippen molar-refractivity contribution in [1.82, 2.24) is 20.0 Å². The molecule has 1 amide bonds. The van der Waals surface area contributed by atoms with Crippen LogP contribution in [0, 0.1) is 5.92 Å². The number of aromatic nitrogens is 2. The van der Waals surface area contributed by atoms with Crippen molar-refractivity contribution < 1.29 is 13.9 Å². The van der Waals surface area contributed by atoms with Gasteiger partial charge in [-0.25, -0.2) is 0 Å². The molecule has 0 bridgehead atoms. The lowest BCUT2D eigenvalue weighted by Gasteiger charge is -2.39. The molecular weight excluding hydrogens is 404 g/mol. The Morgan fingerprint density at radius 3 is 2.19 bits per heavy atom. The first-order valence-electron chi connectivity index (χ1n) is 12.0. The first-order chi connectivity index (χ1) is 15.4. The molecule has 7 nitrogen and oxygen atoms in total. The van der Waals surface area contributed by atoms with Gasteiger partial charge in [0.25, 0.3) is 0 Å². The molecule has 0 radical (unpaired) electrons. The summed E-state index contributed by atoms with van der Waals surface area (Å²) in [5, 5.41) is 8.23. The van der Waals surface area contributed by atoms with E-state index in [1.807, 2.05) is 38.1 Å². The summed E-state index contributed by atoms with van der Waals surface area (Å²) < 4.78 is 11.9. The van der Waals surface area contributed by atoms with Crippen molar-refractivity contribution in [1.29, 1.82) is 0 Å². The van der Waals surface area contributed by atoms with E-state index in [-0.39, 0.29) is 17.9 Å². The third-order valence-electron chi connectivity index (χ3n) is 6.72. The molecule has 1 aromatic carbocycles. The fourth-order valence-corrected chi connectivity index (χ4v) is 4.60. The van der Waals surface area contributed by atoms with Crippen molar-refractivity contribution in [3.63, 3.8) is 0 Å². The van der Waals surface area contributed by atoms with Crippen LogP contribution in [0.25, 0.3) is 11.5 Å². The maximum absolute atomic E-state index is 13.0. The average molecular weight is 441 g/mol. The van der Waals surface area contributed by atoms with Crippen LogP contribution < -0.4 is 4.74 Å². The number of carbonyl (C=O) groups is 1. The molecule has 0 spiro atoms. The van der Waals surface area contributed by atoms with Gasteiger partial charge in [-0.1, -0.05) is 13.8 Å². The largest absolute Gasteiger partial charge is 0.490 e. The number of hydrogen-bond acceptors (Lipinski definition) is 6. The Kier molecular flexibility index (Phi) is 7.13. The molecule has 7 heteroatoms. The van der Waals surface area contributed by atoms with E-state index in [9.17, 15) is 4.79 Å². The summed E-state index contributed by atoms with van der Waals surface area (Å²) in [6.45, 7) is 12.2. The Morgan fingerprint density at radius 1 is 0.969 bits per heavy atom. The molecule has 0 N–H and O–H groups in total. The number of ether oxygens (including phenoxy) is 1. The van der Waals surface area contributed by atoms with Crippen LogP contribution in [0.5, 0.6) is 5.75 Å². The maximum Gasteiger partial charge on any atom is 0.247 e. The summed E-state index contributed by atoms with van der Waals surface area (Å²) in [6, 6.07) is 8.39. The zero-order chi connectivity index (χ0) is 22.7. The third-order valence-corrected chi connectivity index (χ3v) is 6.72. The van der Waals surface area contributed by atoms with Gasteiger partial charge in [0.1, 0.15) is 5.75 Å². The third kappa shape index (κ3) is 5.31. The van der Waals surface area contributed by atoms with E-state index < -0.39 is 0 Å². The normalized spacial score (nSPS) is 22.5. The first kappa shape index (κ1) is 22.8. The molecule has 0 unspecified atom stereocenters. The van der Waals surface area contributed by atoms with Gasteiger partial charge in [-0.3, -0.25) is 9.69 Å². The molecule has 174 valence electrons. The van der Waals surface area contributed by atoms with Gasteiger partial charge in [0, 0.05) is 49.6 Å². The second kappa shape index (κ2) is 10.0. The van der Waals surface area contributed by atoms with Gasteiger partial charge in [-0.05, 0) is 63.8 Å². The molecule has 1 aliphatic heterocycles. The number of amides is 1. The van der Waals surface area contributed by atoms with Crippen LogP contribution in [0.4, 0.5) is 0 Å². The predicted molar refractivity (Wildman–Crippen MR) is 123 cm³/mol. The van der Waals surface area contributed by atoms with Crippen LogP contribution in [-0.4, -0.2) is 64.2 Å². The van der Waals surface area contributed by atoms with Gasteiger partial charge in [0.15, 0.2) is 0 Å². The molecule has 4 rings (SSSR count). The number of benzene rings is 1. The molecule has 2 aliphatic rings. The minimum Gasteiger partial charge on any atom is -0.490 e. The Labute approximate surface area is 191 Å². The quantitative estimate of drug-likeness (QED) is 0.665. The van der Waals surface area contributed by atoms with E-state index in [2.05, 4.69) is 33.8 Å². The van der Waals surface area contributed by atoms with Crippen LogP contribution in [-0.2, 0) is 4.79 Å². The van der Waals surface area contributed by atoms with Crippen LogP contribution in [0.15, 0.2) is 28.7 Å². The molecule has 0 atom stereocenters. The van der Waals surface area contributed by atoms with Crippen molar-refractivity contribution in [2.45, 2.75) is 71.4 Å². The predicted octanol–water partition coefficient (Wildman–Crippen LogP) is 4.35. The fraction of sp³-hybridized carbons (Fsp3) is 0.640. The maximum atomic E-state index is 13.0. The van der Waals surface area contributed by atoms with Gasteiger partial charge in [0.2, 0.25) is 17.7 Å². The van der Waals surface area contributed by atoms with Crippen LogP contribution in [0.1, 0.15) is 65.2 Å².